The monoisotopic (exact) mass is 352 g/mol. The second-order valence-corrected chi connectivity index (χ2v) is 8.00. The summed E-state index contributed by atoms with van der Waals surface area (Å²) in [6, 6.07) is 9.65. The van der Waals surface area contributed by atoms with E-state index in [1.165, 1.54) is 68.4 Å². The molecule has 1 saturated heterocycles. The SMILES string of the molecule is C[C@H]1CCC[C@@H]([NH+]2CC[NH+](Cc3ccccc3Br)CC2)C1. The molecule has 116 valence electrons. The van der Waals surface area contributed by atoms with Crippen molar-refractivity contribution in [2.75, 3.05) is 26.2 Å². The first-order chi connectivity index (χ1) is 10.2. The molecule has 0 unspecified atom stereocenters. The molecule has 21 heavy (non-hydrogen) atoms. The standard InChI is InChI=1S/C18H27BrN2/c1-15-5-4-7-17(13-15)21-11-9-20(10-12-21)14-16-6-2-3-8-18(16)19/h2-3,6,8,15,17H,4-5,7,9-14H2,1H3/p+2/t15-,17+/m0/s1. The van der Waals surface area contributed by atoms with Gasteiger partial charge in [0.15, 0.2) is 0 Å². The Kier molecular flexibility index (Phi) is 5.36. The molecule has 1 heterocycles. The van der Waals surface area contributed by atoms with E-state index in [1.54, 1.807) is 4.90 Å². The van der Waals surface area contributed by atoms with Crippen molar-refractivity contribution in [3.8, 4) is 0 Å². The maximum Gasteiger partial charge on any atom is 0.127 e. The van der Waals surface area contributed by atoms with Crippen molar-refractivity contribution in [3.05, 3.63) is 34.3 Å². The summed E-state index contributed by atoms with van der Waals surface area (Å²) in [7, 11) is 0. The minimum Gasteiger partial charge on any atom is -0.323 e. The van der Waals surface area contributed by atoms with E-state index in [0.29, 0.717) is 0 Å². The van der Waals surface area contributed by atoms with Gasteiger partial charge in [0.1, 0.15) is 32.7 Å². The lowest BCUT2D eigenvalue weighted by Crippen LogP contribution is -3.29. The Balaban J connectivity index is 1.50. The Labute approximate surface area is 137 Å². The first-order valence-corrected chi connectivity index (χ1v) is 9.43. The third-order valence-corrected chi connectivity index (χ3v) is 6.28. The van der Waals surface area contributed by atoms with Crippen molar-refractivity contribution in [1.29, 1.82) is 0 Å². The Morgan fingerprint density at radius 2 is 1.86 bits per heavy atom. The molecule has 2 atom stereocenters. The molecule has 3 heteroatoms. The topological polar surface area (TPSA) is 8.88 Å². The van der Waals surface area contributed by atoms with Crippen molar-refractivity contribution in [3.63, 3.8) is 0 Å². The summed E-state index contributed by atoms with van der Waals surface area (Å²) >= 11 is 3.69. The number of piperazine rings is 1. The predicted molar refractivity (Wildman–Crippen MR) is 90.7 cm³/mol. The largest absolute Gasteiger partial charge is 0.323 e. The molecule has 1 aromatic carbocycles. The fourth-order valence-corrected chi connectivity index (χ4v) is 4.65. The van der Waals surface area contributed by atoms with Gasteiger partial charge in [-0.25, -0.2) is 0 Å². The molecule has 0 aromatic heterocycles. The van der Waals surface area contributed by atoms with Gasteiger partial charge in [-0.1, -0.05) is 47.5 Å². The van der Waals surface area contributed by atoms with Crippen molar-refractivity contribution < 1.29 is 9.80 Å². The molecule has 2 N–H and O–H groups in total. The maximum atomic E-state index is 3.69. The molecule has 2 nitrogen and oxygen atoms in total. The van der Waals surface area contributed by atoms with E-state index in [1.807, 2.05) is 4.90 Å². The minimum atomic E-state index is 0.957. The lowest BCUT2D eigenvalue weighted by Gasteiger charge is -2.37. The van der Waals surface area contributed by atoms with Crippen LogP contribution in [0.25, 0.3) is 0 Å². The van der Waals surface area contributed by atoms with Crippen LogP contribution in [0.15, 0.2) is 28.7 Å². The van der Waals surface area contributed by atoms with Gasteiger partial charge in [-0.05, 0) is 24.8 Å². The molecule has 0 radical (unpaired) electrons. The smallest absolute Gasteiger partial charge is 0.127 e. The highest BCUT2D eigenvalue weighted by Crippen LogP contribution is 2.21. The van der Waals surface area contributed by atoms with Crippen LogP contribution in [0.4, 0.5) is 0 Å². The zero-order valence-electron chi connectivity index (χ0n) is 13.2. The van der Waals surface area contributed by atoms with Gasteiger partial charge in [0.05, 0.1) is 6.04 Å². The van der Waals surface area contributed by atoms with Gasteiger partial charge < -0.3 is 9.80 Å². The number of halogens is 1. The third kappa shape index (κ3) is 4.08. The highest BCUT2D eigenvalue weighted by Gasteiger charge is 2.32. The van der Waals surface area contributed by atoms with Crippen LogP contribution in [0, 0.1) is 5.92 Å². The molecule has 2 aliphatic rings. The van der Waals surface area contributed by atoms with E-state index in [-0.39, 0.29) is 0 Å². The lowest BCUT2D eigenvalue weighted by molar-refractivity contribution is -1.03. The molecule has 0 spiro atoms. The van der Waals surface area contributed by atoms with E-state index in [0.717, 1.165) is 12.0 Å². The molecular weight excluding hydrogens is 324 g/mol. The van der Waals surface area contributed by atoms with Gasteiger partial charge in [-0.2, -0.15) is 0 Å². The minimum absolute atomic E-state index is 0.957. The first kappa shape index (κ1) is 15.5. The molecule has 1 aliphatic carbocycles. The molecule has 0 amide bonds. The van der Waals surface area contributed by atoms with E-state index in [9.17, 15) is 0 Å². The molecule has 1 aliphatic heterocycles. The molecular formula is C18H29BrN2+2. The number of hydrogen-bond donors (Lipinski definition) is 2. The van der Waals surface area contributed by atoms with E-state index in [4.69, 9.17) is 0 Å². The van der Waals surface area contributed by atoms with Crippen LogP contribution in [0.1, 0.15) is 38.2 Å². The van der Waals surface area contributed by atoms with Gasteiger partial charge in [-0.3, -0.25) is 0 Å². The van der Waals surface area contributed by atoms with Gasteiger partial charge in [0, 0.05) is 16.5 Å². The second-order valence-electron chi connectivity index (χ2n) is 7.15. The average molecular weight is 353 g/mol. The van der Waals surface area contributed by atoms with Gasteiger partial charge in [-0.15, -0.1) is 0 Å². The summed E-state index contributed by atoms with van der Waals surface area (Å²) < 4.78 is 1.27. The number of hydrogen-bond acceptors (Lipinski definition) is 0. The van der Waals surface area contributed by atoms with E-state index in [2.05, 4.69) is 47.1 Å². The normalized spacial score (nSPS) is 33.8. The van der Waals surface area contributed by atoms with Crippen LogP contribution in [0.3, 0.4) is 0 Å². The maximum absolute atomic E-state index is 3.69. The zero-order chi connectivity index (χ0) is 14.7. The Morgan fingerprint density at radius 1 is 1.10 bits per heavy atom. The fourth-order valence-electron chi connectivity index (χ4n) is 4.23. The summed E-state index contributed by atoms with van der Waals surface area (Å²) in [5, 5.41) is 0. The average Bonchev–Trinajstić information content (AvgIpc) is 2.50. The van der Waals surface area contributed by atoms with Crippen LogP contribution >= 0.6 is 15.9 Å². The molecule has 3 rings (SSSR count). The Hall–Kier alpha value is -0.380. The van der Waals surface area contributed by atoms with Gasteiger partial charge in [0.2, 0.25) is 0 Å². The number of benzene rings is 1. The number of nitrogens with one attached hydrogen (secondary N) is 2. The first-order valence-electron chi connectivity index (χ1n) is 8.64. The second kappa shape index (κ2) is 7.26. The van der Waals surface area contributed by atoms with Gasteiger partial charge in [0.25, 0.3) is 0 Å². The molecule has 1 saturated carbocycles. The van der Waals surface area contributed by atoms with Crippen LogP contribution in [0.2, 0.25) is 0 Å². The summed E-state index contributed by atoms with van der Waals surface area (Å²) in [5.74, 6) is 0.960. The van der Waals surface area contributed by atoms with Crippen LogP contribution in [-0.2, 0) is 6.54 Å². The quantitative estimate of drug-likeness (QED) is 0.811. The molecule has 1 aromatic rings. The Bertz CT molecular complexity index is 454. The summed E-state index contributed by atoms with van der Waals surface area (Å²) in [4.78, 5) is 3.66. The zero-order valence-corrected chi connectivity index (χ0v) is 14.8. The van der Waals surface area contributed by atoms with E-state index < -0.39 is 0 Å². The van der Waals surface area contributed by atoms with Crippen molar-refractivity contribution >= 4 is 15.9 Å². The Morgan fingerprint density at radius 3 is 2.57 bits per heavy atom. The third-order valence-electron chi connectivity index (χ3n) is 5.51. The van der Waals surface area contributed by atoms with Crippen LogP contribution in [0.5, 0.6) is 0 Å². The highest BCUT2D eigenvalue weighted by molar-refractivity contribution is 9.10. The van der Waals surface area contributed by atoms with Crippen molar-refractivity contribution in [2.45, 2.75) is 45.2 Å². The number of rotatable bonds is 3. The van der Waals surface area contributed by atoms with Crippen molar-refractivity contribution in [1.82, 2.24) is 0 Å². The summed E-state index contributed by atoms with van der Waals surface area (Å²) in [5.41, 5.74) is 1.46. The summed E-state index contributed by atoms with van der Waals surface area (Å²) in [6.45, 7) is 9.03. The lowest BCUT2D eigenvalue weighted by atomic mass is 9.86. The molecule has 0 bridgehead atoms. The summed E-state index contributed by atoms with van der Waals surface area (Å²) in [6.07, 6.45) is 5.86. The van der Waals surface area contributed by atoms with Crippen LogP contribution < -0.4 is 9.80 Å². The van der Waals surface area contributed by atoms with Crippen LogP contribution in [-0.4, -0.2) is 32.2 Å². The predicted octanol–water partition coefficient (Wildman–Crippen LogP) is 1.31. The fraction of sp³-hybridized carbons (Fsp3) is 0.667. The van der Waals surface area contributed by atoms with Crippen molar-refractivity contribution in [2.24, 2.45) is 5.92 Å². The molecule has 2 fully saturated rings. The highest BCUT2D eigenvalue weighted by atomic mass is 79.9. The number of quaternary nitrogens is 2. The van der Waals surface area contributed by atoms with E-state index >= 15 is 0 Å². The van der Waals surface area contributed by atoms with Gasteiger partial charge >= 0.3 is 0 Å².